The molecule has 2 saturated carbocycles. The molecule has 156 valence electrons. The van der Waals surface area contributed by atoms with Crippen LogP contribution < -0.4 is 0 Å². The summed E-state index contributed by atoms with van der Waals surface area (Å²) in [6.45, 7) is 4.84. The molecule has 2 heterocycles. The largest absolute Gasteiger partial charge is 0.448 e. The lowest BCUT2D eigenvalue weighted by Gasteiger charge is -2.42. The van der Waals surface area contributed by atoms with Crippen LogP contribution in [0.1, 0.15) is 19.8 Å². The molecule has 2 aliphatic heterocycles. The molecule has 0 aromatic rings. The monoisotopic (exact) mass is 397 g/mol. The van der Waals surface area contributed by atoms with Crippen molar-refractivity contribution >= 4 is 11.9 Å². The molecule has 4 rings (SSSR count). The fraction of sp³-hybridized carbons (Fsp3) is 0.889. The van der Waals surface area contributed by atoms with E-state index in [-0.39, 0.29) is 23.9 Å². The second kappa shape index (κ2) is 7.92. The minimum atomic E-state index is -1.18. The molecule has 2 bridgehead atoms. The van der Waals surface area contributed by atoms with E-state index in [0.717, 1.165) is 6.42 Å². The first kappa shape index (κ1) is 19.5. The number of rotatable bonds is 9. The Labute approximate surface area is 163 Å². The highest BCUT2D eigenvalue weighted by Crippen LogP contribution is 2.58. The molecule has 0 aromatic heterocycles. The van der Waals surface area contributed by atoms with Crippen LogP contribution in [0.25, 0.3) is 0 Å². The highest BCUT2D eigenvalue weighted by Gasteiger charge is 2.70. The Morgan fingerprint density at radius 3 is 2.71 bits per heavy atom. The maximum absolute atomic E-state index is 12.5. The Bertz CT molecular complexity index is 645. The van der Waals surface area contributed by atoms with Crippen molar-refractivity contribution in [1.29, 1.82) is 0 Å². The van der Waals surface area contributed by atoms with E-state index in [1.807, 2.05) is 5.01 Å². The Morgan fingerprint density at radius 1 is 1.18 bits per heavy atom. The Hall–Kier alpha value is -1.78. The number of methoxy groups -OCH3 is 1. The van der Waals surface area contributed by atoms with Gasteiger partial charge in [-0.15, -0.1) is 0 Å². The molecule has 0 N–H and O–H groups in total. The normalized spacial score (nSPS) is 38.2. The summed E-state index contributed by atoms with van der Waals surface area (Å²) in [5.41, 5.74) is -1.18. The van der Waals surface area contributed by atoms with Crippen LogP contribution in [-0.2, 0) is 33.3 Å². The molecule has 5 unspecified atom stereocenters. The average Bonchev–Trinajstić information content (AvgIpc) is 3.34. The zero-order chi connectivity index (χ0) is 19.7. The van der Waals surface area contributed by atoms with Gasteiger partial charge >= 0.3 is 11.9 Å². The van der Waals surface area contributed by atoms with Gasteiger partial charge in [0.05, 0.1) is 45.6 Å². The van der Waals surface area contributed by atoms with Gasteiger partial charge in [0.1, 0.15) is 6.04 Å². The van der Waals surface area contributed by atoms with Crippen molar-refractivity contribution in [3.8, 4) is 0 Å². The van der Waals surface area contributed by atoms with Crippen LogP contribution in [0, 0.1) is 11.8 Å². The molecule has 0 amide bonds. The molecule has 2 aliphatic carbocycles. The summed E-state index contributed by atoms with van der Waals surface area (Å²) in [5, 5.41) is 10.6. The first-order valence-corrected chi connectivity index (χ1v) is 9.82. The third-order valence-electron chi connectivity index (χ3n) is 6.12. The number of cyclic esters (lactones) is 1. The first-order chi connectivity index (χ1) is 13.6. The van der Waals surface area contributed by atoms with Gasteiger partial charge in [-0.25, -0.2) is 9.59 Å². The number of carbonyl (C=O) groups excluding carboxylic acids is 2. The maximum Gasteiger partial charge on any atom is 0.351 e. The van der Waals surface area contributed by atoms with Crippen molar-refractivity contribution in [3.63, 3.8) is 0 Å². The van der Waals surface area contributed by atoms with Gasteiger partial charge in [-0.3, -0.25) is 5.01 Å². The molecule has 10 nitrogen and oxygen atoms in total. The van der Waals surface area contributed by atoms with E-state index >= 15 is 0 Å². The van der Waals surface area contributed by atoms with E-state index in [4.69, 9.17) is 23.7 Å². The Morgan fingerprint density at radius 2 is 1.93 bits per heavy atom. The van der Waals surface area contributed by atoms with Crippen LogP contribution in [0.15, 0.2) is 10.3 Å². The third-order valence-corrected chi connectivity index (χ3v) is 6.12. The maximum atomic E-state index is 12.5. The van der Waals surface area contributed by atoms with Crippen molar-refractivity contribution < 1.29 is 33.3 Å². The second-order valence-corrected chi connectivity index (χ2v) is 7.73. The summed E-state index contributed by atoms with van der Waals surface area (Å²) in [6.07, 6.45) is 0.423. The fourth-order valence-corrected chi connectivity index (χ4v) is 4.87. The van der Waals surface area contributed by atoms with Crippen LogP contribution >= 0.6 is 0 Å². The summed E-state index contributed by atoms with van der Waals surface area (Å²) in [6, 6.07) is -0.0205. The lowest BCUT2D eigenvalue weighted by atomic mass is 9.78. The fourth-order valence-electron chi connectivity index (χ4n) is 4.87. The van der Waals surface area contributed by atoms with Crippen molar-refractivity contribution in [2.75, 3.05) is 46.7 Å². The van der Waals surface area contributed by atoms with Crippen molar-refractivity contribution in [2.45, 2.75) is 43.6 Å². The average molecular weight is 397 g/mol. The molecule has 10 heteroatoms. The van der Waals surface area contributed by atoms with Crippen LogP contribution in [0.3, 0.4) is 0 Å². The van der Waals surface area contributed by atoms with Crippen LogP contribution in [-0.4, -0.2) is 87.4 Å². The zero-order valence-electron chi connectivity index (χ0n) is 16.2. The molecule has 4 aliphatic rings. The van der Waals surface area contributed by atoms with Gasteiger partial charge in [0.15, 0.2) is 6.10 Å². The molecular formula is C18H27N3O7. The lowest BCUT2D eigenvalue weighted by molar-refractivity contribution is -0.217. The highest BCUT2D eigenvalue weighted by molar-refractivity contribution is 5.91. The predicted octanol–water partition coefficient (Wildman–Crippen LogP) is 0.353. The summed E-state index contributed by atoms with van der Waals surface area (Å²) < 4.78 is 26.7. The standard InChI is InChI=1S/C18H27N3O7/c1-11-16(22)28-18(17(23)27-11)10-12-9-13(18)14-15(12)21(20-19-14)3-4-25-7-8-26-6-5-24-2/h11-15H,3-10H2,1-2H3/t11-,12?,13?,14?,15?,18?/m0/s1. The SMILES string of the molecule is COCCOCCOCCN1N=NC2C1C1CC2C2(C1)OC(=O)[C@H](C)OC2=O. The van der Waals surface area contributed by atoms with Gasteiger partial charge < -0.3 is 23.7 Å². The molecule has 3 fully saturated rings. The van der Waals surface area contributed by atoms with E-state index in [0.29, 0.717) is 46.0 Å². The zero-order valence-corrected chi connectivity index (χ0v) is 16.2. The topological polar surface area (TPSA) is 108 Å². The van der Waals surface area contributed by atoms with Crippen molar-refractivity contribution in [1.82, 2.24) is 5.01 Å². The molecule has 28 heavy (non-hydrogen) atoms. The Kier molecular flexibility index (Phi) is 5.52. The molecule has 0 radical (unpaired) electrons. The molecule has 0 aromatic carbocycles. The molecular weight excluding hydrogens is 370 g/mol. The summed E-state index contributed by atoms with van der Waals surface area (Å²) >= 11 is 0. The molecule has 1 saturated heterocycles. The quantitative estimate of drug-likeness (QED) is 0.405. The van der Waals surface area contributed by atoms with Crippen LogP contribution in [0.4, 0.5) is 0 Å². The number of fused-ring (bicyclic) bond motifs is 6. The second-order valence-electron chi connectivity index (χ2n) is 7.73. The van der Waals surface area contributed by atoms with Crippen molar-refractivity contribution in [2.24, 2.45) is 22.2 Å². The summed E-state index contributed by atoms with van der Waals surface area (Å²) in [4.78, 5) is 24.6. The predicted molar refractivity (Wildman–Crippen MR) is 93.2 cm³/mol. The number of esters is 2. The first-order valence-electron chi connectivity index (χ1n) is 9.82. The van der Waals surface area contributed by atoms with Gasteiger partial charge in [0.2, 0.25) is 5.60 Å². The van der Waals surface area contributed by atoms with E-state index < -0.39 is 23.6 Å². The number of hydrogen-bond donors (Lipinski definition) is 0. The van der Waals surface area contributed by atoms with Crippen LogP contribution in [0.2, 0.25) is 0 Å². The minimum absolute atomic E-state index is 0.128. The van der Waals surface area contributed by atoms with E-state index in [2.05, 4.69) is 10.3 Å². The van der Waals surface area contributed by atoms with E-state index in [1.54, 1.807) is 7.11 Å². The number of hydrogen-bond acceptors (Lipinski definition) is 10. The van der Waals surface area contributed by atoms with Crippen molar-refractivity contribution in [3.05, 3.63) is 0 Å². The molecule has 6 atom stereocenters. The summed E-state index contributed by atoms with van der Waals surface area (Å²) in [5.74, 6) is -0.890. The van der Waals surface area contributed by atoms with Gasteiger partial charge in [-0.2, -0.15) is 5.11 Å². The number of nitrogens with zero attached hydrogens (tertiary/aromatic N) is 3. The highest BCUT2D eigenvalue weighted by atomic mass is 16.7. The van der Waals surface area contributed by atoms with Gasteiger partial charge in [-0.05, 0) is 19.3 Å². The van der Waals surface area contributed by atoms with Gasteiger partial charge in [0, 0.05) is 19.4 Å². The van der Waals surface area contributed by atoms with Crippen LogP contribution in [0.5, 0.6) is 0 Å². The van der Waals surface area contributed by atoms with Gasteiger partial charge in [-0.1, -0.05) is 5.22 Å². The van der Waals surface area contributed by atoms with E-state index in [1.165, 1.54) is 6.92 Å². The smallest absolute Gasteiger partial charge is 0.351 e. The van der Waals surface area contributed by atoms with Gasteiger partial charge in [0.25, 0.3) is 0 Å². The third kappa shape index (κ3) is 3.27. The van der Waals surface area contributed by atoms with E-state index in [9.17, 15) is 9.59 Å². The summed E-state index contributed by atoms with van der Waals surface area (Å²) in [7, 11) is 1.64. The molecule has 1 spiro atoms. The number of ether oxygens (including phenoxy) is 5. The minimum Gasteiger partial charge on any atom is -0.448 e. The number of carbonyl (C=O) groups is 2. The Balaban J connectivity index is 1.26. The lowest BCUT2D eigenvalue weighted by Crippen LogP contribution is -2.60.